The third-order valence-corrected chi connectivity index (χ3v) is 3.07. The molecule has 1 aromatic heterocycles. The normalized spacial score (nSPS) is 10.4. The van der Waals surface area contributed by atoms with Gasteiger partial charge in [-0.15, -0.1) is 0 Å². The Balaban J connectivity index is 1.99. The molecule has 1 heterocycles. The van der Waals surface area contributed by atoms with Crippen LogP contribution in [0.2, 0.25) is 0 Å². The summed E-state index contributed by atoms with van der Waals surface area (Å²) in [5.74, 6) is 1.22. The zero-order valence-electron chi connectivity index (χ0n) is 11.0. The van der Waals surface area contributed by atoms with Crippen molar-refractivity contribution in [3.8, 4) is 11.5 Å². The Hall–Kier alpha value is -2.68. The fraction of sp³-hybridized carbons (Fsp3) is 0.0588. The summed E-state index contributed by atoms with van der Waals surface area (Å²) in [6, 6.07) is 16.8. The van der Waals surface area contributed by atoms with Crippen LogP contribution in [0.15, 0.2) is 60.8 Å². The molecule has 3 aromatic rings. The van der Waals surface area contributed by atoms with Crippen molar-refractivity contribution >= 4 is 16.7 Å². The van der Waals surface area contributed by atoms with E-state index in [1.54, 1.807) is 18.3 Å². The minimum Gasteiger partial charge on any atom is -0.457 e. The summed E-state index contributed by atoms with van der Waals surface area (Å²) in [7, 11) is 0. The Morgan fingerprint density at radius 3 is 2.75 bits per heavy atom. The minimum atomic E-state index is -0.0143. The van der Waals surface area contributed by atoms with Gasteiger partial charge in [-0.25, -0.2) is 0 Å². The van der Waals surface area contributed by atoms with Crippen molar-refractivity contribution in [2.45, 2.75) is 6.92 Å². The van der Waals surface area contributed by atoms with Gasteiger partial charge in [0.15, 0.2) is 5.78 Å². The number of hydrogen-bond donors (Lipinski definition) is 0. The van der Waals surface area contributed by atoms with Crippen molar-refractivity contribution in [1.82, 2.24) is 4.98 Å². The second-order valence-corrected chi connectivity index (χ2v) is 4.51. The first-order chi connectivity index (χ1) is 9.74. The van der Waals surface area contributed by atoms with Crippen molar-refractivity contribution in [2.24, 2.45) is 0 Å². The average molecular weight is 263 g/mol. The molecule has 3 nitrogen and oxygen atoms in total. The third kappa shape index (κ3) is 2.38. The lowest BCUT2D eigenvalue weighted by Gasteiger charge is -2.09. The molecule has 0 amide bonds. The van der Waals surface area contributed by atoms with Crippen LogP contribution in [0.25, 0.3) is 10.9 Å². The topological polar surface area (TPSA) is 39.2 Å². The fourth-order valence-corrected chi connectivity index (χ4v) is 2.08. The zero-order chi connectivity index (χ0) is 13.9. The first-order valence-corrected chi connectivity index (χ1v) is 6.36. The number of rotatable bonds is 3. The van der Waals surface area contributed by atoms with Gasteiger partial charge in [0.25, 0.3) is 0 Å². The Morgan fingerprint density at radius 2 is 1.90 bits per heavy atom. The van der Waals surface area contributed by atoms with E-state index >= 15 is 0 Å². The highest BCUT2D eigenvalue weighted by Gasteiger charge is 2.08. The van der Waals surface area contributed by atoms with Crippen LogP contribution in [0.3, 0.4) is 0 Å². The molecule has 20 heavy (non-hydrogen) atoms. The Kier molecular flexibility index (Phi) is 3.17. The van der Waals surface area contributed by atoms with E-state index < -0.39 is 0 Å². The molecule has 0 unspecified atom stereocenters. The van der Waals surface area contributed by atoms with Crippen molar-refractivity contribution in [1.29, 1.82) is 0 Å². The van der Waals surface area contributed by atoms with Crippen LogP contribution in [-0.4, -0.2) is 10.8 Å². The standard InChI is InChI=1S/C17H13NO2/c1-12(19)15-6-2-3-7-17(15)20-14-9-8-13-5-4-10-18-16(13)11-14/h2-11H,1H3. The van der Waals surface area contributed by atoms with Gasteiger partial charge in [-0.1, -0.05) is 18.2 Å². The number of nitrogens with zero attached hydrogens (tertiary/aromatic N) is 1. The molecule has 0 fully saturated rings. The molecule has 0 bridgehead atoms. The van der Waals surface area contributed by atoms with Crippen molar-refractivity contribution < 1.29 is 9.53 Å². The number of Topliss-reactive ketones (excluding diaryl/α,β-unsaturated/α-hetero) is 1. The zero-order valence-corrected chi connectivity index (χ0v) is 11.0. The molecule has 0 aliphatic carbocycles. The average Bonchev–Trinajstić information content (AvgIpc) is 2.47. The molecule has 0 atom stereocenters. The molecule has 0 saturated heterocycles. The molecule has 0 aliphatic heterocycles. The number of fused-ring (bicyclic) bond motifs is 1. The van der Waals surface area contributed by atoms with Crippen molar-refractivity contribution in [2.75, 3.05) is 0 Å². The maximum Gasteiger partial charge on any atom is 0.163 e. The largest absolute Gasteiger partial charge is 0.457 e. The van der Waals surface area contributed by atoms with Crippen LogP contribution >= 0.6 is 0 Å². The number of para-hydroxylation sites is 1. The minimum absolute atomic E-state index is 0.0143. The lowest BCUT2D eigenvalue weighted by Crippen LogP contribution is -1.96. The summed E-state index contributed by atoms with van der Waals surface area (Å²) in [6.07, 6.45) is 1.75. The lowest BCUT2D eigenvalue weighted by molar-refractivity contribution is 0.101. The molecule has 0 aliphatic rings. The van der Waals surface area contributed by atoms with E-state index in [1.807, 2.05) is 42.5 Å². The highest BCUT2D eigenvalue weighted by Crippen LogP contribution is 2.27. The van der Waals surface area contributed by atoms with E-state index in [-0.39, 0.29) is 5.78 Å². The number of pyridine rings is 1. The van der Waals surface area contributed by atoms with E-state index in [0.29, 0.717) is 17.1 Å². The van der Waals surface area contributed by atoms with Gasteiger partial charge in [0.1, 0.15) is 11.5 Å². The van der Waals surface area contributed by atoms with E-state index in [0.717, 1.165) is 10.9 Å². The Labute approximate surface area is 116 Å². The SMILES string of the molecule is CC(=O)c1ccccc1Oc1ccc2cccnc2c1. The van der Waals surface area contributed by atoms with Gasteiger partial charge in [-0.05, 0) is 37.3 Å². The second-order valence-electron chi connectivity index (χ2n) is 4.51. The fourth-order valence-electron chi connectivity index (χ4n) is 2.08. The molecule has 0 spiro atoms. The van der Waals surface area contributed by atoms with Gasteiger partial charge < -0.3 is 4.74 Å². The maximum atomic E-state index is 11.6. The van der Waals surface area contributed by atoms with Gasteiger partial charge in [0.05, 0.1) is 11.1 Å². The quantitative estimate of drug-likeness (QED) is 0.664. The molecule has 0 N–H and O–H groups in total. The van der Waals surface area contributed by atoms with Crippen LogP contribution in [0.5, 0.6) is 11.5 Å². The lowest BCUT2D eigenvalue weighted by atomic mass is 10.1. The molecule has 98 valence electrons. The van der Waals surface area contributed by atoms with Crippen LogP contribution in [0.4, 0.5) is 0 Å². The highest BCUT2D eigenvalue weighted by molar-refractivity contribution is 5.96. The summed E-state index contributed by atoms with van der Waals surface area (Å²) in [5, 5.41) is 1.06. The Morgan fingerprint density at radius 1 is 1.05 bits per heavy atom. The van der Waals surface area contributed by atoms with Gasteiger partial charge in [0.2, 0.25) is 0 Å². The van der Waals surface area contributed by atoms with Crippen LogP contribution in [0.1, 0.15) is 17.3 Å². The van der Waals surface area contributed by atoms with E-state index in [1.165, 1.54) is 6.92 Å². The number of hydrogen-bond acceptors (Lipinski definition) is 3. The van der Waals surface area contributed by atoms with Crippen molar-refractivity contribution in [3.05, 3.63) is 66.4 Å². The number of carbonyl (C=O) groups is 1. The predicted molar refractivity (Wildman–Crippen MR) is 78.3 cm³/mol. The van der Waals surface area contributed by atoms with Crippen LogP contribution in [-0.2, 0) is 0 Å². The van der Waals surface area contributed by atoms with Gasteiger partial charge in [-0.3, -0.25) is 9.78 Å². The maximum absolute atomic E-state index is 11.6. The molecular weight excluding hydrogens is 250 g/mol. The van der Waals surface area contributed by atoms with Gasteiger partial charge >= 0.3 is 0 Å². The summed E-state index contributed by atoms with van der Waals surface area (Å²) < 4.78 is 5.82. The summed E-state index contributed by atoms with van der Waals surface area (Å²) in [5.41, 5.74) is 1.44. The molecule has 2 aromatic carbocycles. The summed E-state index contributed by atoms with van der Waals surface area (Å²) in [4.78, 5) is 15.9. The van der Waals surface area contributed by atoms with Gasteiger partial charge in [0, 0.05) is 17.6 Å². The molecule has 3 rings (SSSR count). The van der Waals surface area contributed by atoms with E-state index in [2.05, 4.69) is 4.98 Å². The first-order valence-electron chi connectivity index (χ1n) is 6.36. The van der Waals surface area contributed by atoms with E-state index in [9.17, 15) is 4.79 Å². The molecule has 0 radical (unpaired) electrons. The third-order valence-electron chi connectivity index (χ3n) is 3.07. The summed E-state index contributed by atoms with van der Waals surface area (Å²) in [6.45, 7) is 1.53. The molecular formula is C17H13NO2. The van der Waals surface area contributed by atoms with E-state index in [4.69, 9.17) is 4.74 Å². The number of ether oxygens (including phenoxy) is 1. The van der Waals surface area contributed by atoms with Gasteiger partial charge in [-0.2, -0.15) is 0 Å². The second kappa shape index (κ2) is 5.13. The summed E-state index contributed by atoms with van der Waals surface area (Å²) >= 11 is 0. The van der Waals surface area contributed by atoms with Crippen LogP contribution < -0.4 is 4.74 Å². The number of benzene rings is 2. The van der Waals surface area contributed by atoms with Crippen LogP contribution in [0, 0.1) is 0 Å². The highest BCUT2D eigenvalue weighted by atomic mass is 16.5. The number of carbonyl (C=O) groups excluding carboxylic acids is 1. The monoisotopic (exact) mass is 263 g/mol. The first kappa shape index (κ1) is 12.4. The molecule has 3 heteroatoms. The van der Waals surface area contributed by atoms with Crippen molar-refractivity contribution in [3.63, 3.8) is 0 Å². The predicted octanol–water partition coefficient (Wildman–Crippen LogP) is 4.23. The molecule has 0 saturated carbocycles. The number of ketones is 1. The number of aromatic nitrogens is 1. The smallest absolute Gasteiger partial charge is 0.163 e. The Bertz CT molecular complexity index is 781.